The zero-order chi connectivity index (χ0) is 11.0. The highest BCUT2D eigenvalue weighted by Gasteiger charge is 2.19. The molecule has 0 aromatic carbocycles. The highest BCUT2D eigenvalue weighted by molar-refractivity contribution is 4.77. The van der Waals surface area contributed by atoms with Crippen LogP contribution in [0.15, 0.2) is 12.7 Å². The summed E-state index contributed by atoms with van der Waals surface area (Å²) in [6.07, 6.45) is 3.04. The molecule has 0 unspecified atom stereocenters. The molecule has 0 aliphatic rings. The van der Waals surface area contributed by atoms with E-state index in [1.54, 1.807) is 7.11 Å². The van der Waals surface area contributed by atoms with E-state index in [2.05, 4.69) is 27.4 Å². The lowest BCUT2D eigenvalue weighted by Crippen LogP contribution is -2.23. The molecule has 14 heavy (non-hydrogen) atoms. The number of ether oxygens (including phenoxy) is 2. The molecule has 0 saturated carbocycles. The summed E-state index contributed by atoms with van der Waals surface area (Å²) in [5.74, 6) is 1.86. The summed E-state index contributed by atoms with van der Waals surface area (Å²) in [6, 6.07) is 0. The first-order valence-corrected chi connectivity index (χ1v) is 5.31. The van der Waals surface area contributed by atoms with Gasteiger partial charge in [0.25, 0.3) is 0 Å². The van der Waals surface area contributed by atoms with Gasteiger partial charge in [0.05, 0.1) is 6.61 Å². The second-order valence-electron chi connectivity index (χ2n) is 4.19. The van der Waals surface area contributed by atoms with Gasteiger partial charge >= 0.3 is 0 Å². The minimum Gasteiger partial charge on any atom is -0.359 e. The molecule has 0 aromatic heterocycles. The second-order valence-corrected chi connectivity index (χ2v) is 4.19. The van der Waals surface area contributed by atoms with Crippen molar-refractivity contribution in [3.05, 3.63) is 12.7 Å². The highest BCUT2D eigenvalue weighted by Crippen LogP contribution is 2.24. The monoisotopic (exact) mass is 200 g/mol. The third-order valence-corrected chi connectivity index (χ3v) is 2.64. The van der Waals surface area contributed by atoms with Crippen LogP contribution in [0.4, 0.5) is 0 Å². The summed E-state index contributed by atoms with van der Waals surface area (Å²) in [5, 5.41) is 0. The normalized spacial score (nSPS) is 15.5. The van der Waals surface area contributed by atoms with Crippen molar-refractivity contribution in [2.24, 2.45) is 17.8 Å². The predicted molar refractivity (Wildman–Crippen MR) is 60.1 cm³/mol. The van der Waals surface area contributed by atoms with Gasteiger partial charge in [0.2, 0.25) is 0 Å². The van der Waals surface area contributed by atoms with Crippen LogP contribution >= 0.6 is 0 Å². The Morgan fingerprint density at radius 1 is 1.29 bits per heavy atom. The first kappa shape index (κ1) is 13.7. The van der Waals surface area contributed by atoms with E-state index in [0.29, 0.717) is 24.5 Å². The lowest BCUT2D eigenvalue weighted by atomic mass is 9.83. The van der Waals surface area contributed by atoms with E-state index in [1.807, 2.05) is 6.08 Å². The van der Waals surface area contributed by atoms with Gasteiger partial charge in [0.15, 0.2) is 0 Å². The van der Waals surface area contributed by atoms with E-state index in [9.17, 15) is 0 Å². The number of hydrogen-bond donors (Lipinski definition) is 0. The molecule has 0 aliphatic carbocycles. The molecule has 0 saturated heterocycles. The molecular weight excluding hydrogens is 176 g/mol. The van der Waals surface area contributed by atoms with Gasteiger partial charge in [-0.3, -0.25) is 0 Å². The van der Waals surface area contributed by atoms with Crippen molar-refractivity contribution in [1.82, 2.24) is 0 Å². The van der Waals surface area contributed by atoms with Crippen molar-refractivity contribution < 1.29 is 9.47 Å². The standard InChI is InChI=1S/C12H24O2/c1-6-7-11(4)12(10(2)3)8-14-9-13-5/h6,10-12H,1,7-9H2,2-5H3/t11-,12-/m0/s1. The molecule has 0 rings (SSSR count). The third kappa shape index (κ3) is 5.40. The van der Waals surface area contributed by atoms with Crippen LogP contribution in [0.2, 0.25) is 0 Å². The maximum atomic E-state index is 5.42. The van der Waals surface area contributed by atoms with E-state index in [1.165, 1.54) is 0 Å². The Kier molecular flexibility index (Phi) is 7.81. The molecule has 0 N–H and O–H groups in total. The van der Waals surface area contributed by atoms with Crippen molar-refractivity contribution in [1.29, 1.82) is 0 Å². The van der Waals surface area contributed by atoms with Crippen molar-refractivity contribution in [2.75, 3.05) is 20.5 Å². The molecule has 0 radical (unpaired) electrons. The molecule has 2 nitrogen and oxygen atoms in total. The number of hydrogen-bond acceptors (Lipinski definition) is 2. The Hall–Kier alpha value is -0.340. The average molecular weight is 200 g/mol. The fraction of sp³-hybridized carbons (Fsp3) is 0.833. The summed E-state index contributed by atoms with van der Waals surface area (Å²) in [6.45, 7) is 11.7. The Morgan fingerprint density at radius 3 is 2.36 bits per heavy atom. The van der Waals surface area contributed by atoms with Crippen LogP contribution < -0.4 is 0 Å². The summed E-state index contributed by atoms with van der Waals surface area (Å²) in [5.41, 5.74) is 0. The maximum Gasteiger partial charge on any atom is 0.146 e. The van der Waals surface area contributed by atoms with Crippen LogP contribution in [0.25, 0.3) is 0 Å². The summed E-state index contributed by atoms with van der Waals surface area (Å²) < 4.78 is 10.3. The van der Waals surface area contributed by atoms with Crippen molar-refractivity contribution in [3.8, 4) is 0 Å². The molecule has 0 fully saturated rings. The van der Waals surface area contributed by atoms with Gasteiger partial charge in [0.1, 0.15) is 6.79 Å². The first-order chi connectivity index (χ1) is 6.63. The van der Waals surface area contributed by atoms with Crippen molar-refractivity contribution >= 4 is 0 Å². The number of methoxy groups -OCH3 is 1. The van der Waals surface area contributed by atoms with Crippen LogP contribution in [0.5, 0.6) is 0 Å². The largest absolute Gasteiger partial charge is 0.359 e. The number of rotatable bonds is 8. The van der Waals surface area contributed by atoms with E-state index in [4.69, 9.17) is 9.47 Å². The minimum absolute atomic E-state index is 0.393. The topological polar surface area (TPSA) is 18.5 Å². The van der Waals surface area contributed by atoms with Gasteiger partial charge in [-0.25, -0.2) is 0 Å². The Labute approximate surface area is 88.3 Å². The fourth-order valence-corrected chi connectivity index (χ4v) is 1.72. The van der Waals surface area contributed by atoms with Gasteiger partial charge in [-0.1, -0.05) is 26.8 Å². The smallest absolute Gasteiger partial charge is 0.146 e. The van der Waals surface area contributed by atoms with Crippen LogP contribution in [0, 0.1) is 17.8 Å². The van der Waals surface area contributed by atoms with Crippen LogP contribution in [0.1, 0.15) is 27.2 Å². The Morgan fingerprint density at radius 2 is 1.93 bits per heavy atom. The van der Waals surface area contributed by atoms with Crippen molar-refractivity contribution in [2.45, 2.75) is 27.2 Å². The molecule has 0 bridgehead atoms. The van der Waals surface area contributed by atoms with Gasteiger partial charge in [0, 0.05) is 7.11 Å². The summed E-state index contributed by atoms with van der Waals surface area (Å²) >= 11 is 0. The minimum atomic E-state index is 0.393. The predicted octanol–water partition coefficient (Wildman–Crippen LogP) is 3.09. The zero-order valence-corrected chi connectivity index (χ0v) is 9.95. The molecule has 2 heteroatoms. The second kappa shape index (κ2) is 8.01. The number of allylic oxidation sites excluding steroid dienone is 1. The van der Waals surface area contributed by atoms with Gasteiger partial charge in [-0.05, 0) is 24.2 Å². The van der Waals surface area contributed by atoms with E-state index in [0.717, 1.165) is 13.0 Å². The fourth-order valence-electron chi connectivity index (χ4n) is 1.72. The average Bonchev–Trinajstić information content (AvgIpc) is 2.12. The first-order valence-electron chi connectivity index (χ1n) is 5.31. The van der Waals surface area contributed by atoms with Crippen molar-refractivity contribution in [3.63, 3.8) is 0 Å². The van der Waals surface area contributed by atoms with Crippen LogP contribution in [-0.2, 0) is 9.47 Å². The maximum absolute atomic E-state index is 5.42. The SMILES string of the molecule is C=CC[C@H](C)[C@@H](COCOC)C(C)C. The third-order valence-electron chi connectivity index (χ3n) is 2.64. The molecule has 0 heterocycles. The lowest BCUT2D eigenvalue weighted by Gasteiger charge is -2.26. The molecule has 0 amide bonds. The highest BCUT2D eigenvalue weighted by atomic mass is 16.7. The molecule has 0 aliphatic heterocycles. The molecular formula is C12H24O2. The molecule has 0 aromatic rings. The lowest BCUT2D eigenvalue weighted by molar-refractivity contribution is -0.0554. The van der Waals surface area contributed by atoms with Crippen LogP contribution in [0.3, 0.4) is 0 Å². The van der Waals surface area contributed by atoms with Gasteiger partial charge < -0.3 is 9.47 Å². The molecule has 0 spiro atoms. The van der Waals surface area contributed by atoms with Gasteiger partial charge in [-0.15, -0.1) is 6.58 Å². The van der Waals surface area contributed by atoms with Crippen LogP contribution in [-0.4, -0.2) is 20.5 Å². The molecule has 2 atom stereocenters. The Bertz CT molecular complexity index is 143. The summed E-state index contributed by atoms with van der Waals surface area (Å²) in [7, 11) is 1.65. The quantitative estimate of drug-likeness (QED) is 0.340. The zero-order valence-electron chi connectivity index (χ0n) is 9.95. The Balaban J connectivity index is 3.93. The van der Waals surface area contributed by atoms with E-state index < -0.39 is 0 Å². The van der Waals surface area contributed by atoms with Gasteiger partial charge in [-0.2, -0.15) is 0 Å². The summed E-state index contributed by atoms with van der Waals surface area (Å²) in [4.78, 5) is 0. The molecule has 84 valence electrons. The van der Waals surface area contributed by atoms with E-state index in [-0.39, 0.29) is 0 Å². The van der Waals surface area contributed by atoms with E-state index >= 15 is 0 Å².